The lowest BCUT2D eigenvalue weighted by Crippen LogP contribution is -2.38. The molecule has 1 atom stereocenters. The minimum absolute atomic E-state index is 0.00963. The van der Waals surface area contributed by atoms with Crippen molar-refractivity contribution in [3.8, 4) is 0 Å². The maximum atomic E-state index is 11.6. The third kappa shape index (κ3) is 3.04. The molecule has 1 rings (SSSR count). The van der Waals surface area contributed by atoms with Crippen LogP contribution in [0.3, 0.4) is 0 Å². The lowest BCUT2D eigenvalue weighted by Gasteiger charge is -2.31. The first-order valence-corrected chi connectivity index (χ1v) is 5.49. The topological polar surface area (TPSA) is 89.9 Å². The molecule has 6 heteroatoms. The zero-order chi connectivity index (χ0) is 13.0. The highest BCUT2D eigenvalue weighted by atomic mass is 16.4. The third-order valence-electron chi connectivity index (χ3n) is 3.14. The quantitative estimate of drug-likeness (QED) is 0.581. The van der Waals surface area contributed by atoms with Gasteiger partial charge in [0.25, 0.3) is 0 Å². The van der Waals surface area contributed by atoms with Crippen LogP contribution in [0.1, 0.15) is 19.3 Å². The number of carbonyl (C=O) groups is 2. The Balaban J connectivity index is 2.95. The van der Waals surface area contributed by atoms with Crippen LogP contribution in [-0.2, 0) is 9.59 Å². The first-order valence-electron chi connectivity index (χ1n) is 5.49. The second-order valence-electron chi connectivity index (χ2n) is 4.14. The Kier molecular flexibility index (Phi) is 4.65. The van der Waals surface area contributed by atoms with E-state index in [0.29, 0.717) is 24.8 Å². The Bertz CT molecular complexity index is 351. The van der Waals surface area contributed by atoms with Gasteiger partial charge in [-0.25, -0.2) is 4.79 Å². The summed E-state index contributed by atoms with van der Waals surface area (Å²) in [6, 6.07) is 0.00963. The molecule has 1 aliphatic rings. The van der Waals surface area contributed by atoms with Crippen molar-refractivity contribution < 1.29 is 19.8 Å². The Morgan fingerprint density at radius 3 is 2.59 bits per heavy atom. The van der Waals surface area contributed by atoms with Crippen LogP contribution < -0.4 is 5.32 Å². The smallest absolute Gasteiger partial charge is 0.332 e. The minimum Gasteiger partial charge on any atom is -0.478 e. The van der Waals surface area contributed by atoms with Crippen molar-refractivity contribution >= 4 is 11.9 Å². The molecule has 0 aromatic heterocycles. The summed E-state index contributed by atoms with van der Waals surface area (Å²) in [4.78, 5) is 24.4. The summed E-state index contributed by atoms with van der Waals surface area (Å²) in [6.45, 7) is -0.103. The lowest BCUT2D eigenvalue weighted by molar-refractivity contribution is -0.133. The molecule has 1 unspecified atom stereocenters. The van der Waals surface area contributed by atoms with Crippen molar-refractivity contribution in [3.63, 3.8) is 0 Å². The summed E-state index contributed by atoms with van der Waals surface area (Å²) in [5.74, 6) is -1.38. The number of likely N-dealkylation sites (N-methyl/N-ethyl adjacent to an activating group) is 1. The average molecular weight is 242 g/mol. The Labute approximate surface area is 99.9 Å². The molecule has 3 N–H and O–H groups in total. The highest BCUT2D eigenvalue weighted by Crippen LogP contribution is 2.28. The van der Waals surface area contributed by atoms with Crippen molar-refractivity contribution in [1.82, 2.24) is 10.2 Å². The van der Waals surface area contributed by atoms with Gasteiger partial charge in [-0.1, -0.05) is 0 Å². The molecule has 0 heterocycles. The van der Waals surface area contributed by atoms with Crippen LogP contribution in [0.2, 0.25) is 0 Å². The van der Waals surface area contributed by atoms with E-state index in [0.717, 1.165) is 0 Å². The van der Waals surface area contributed by atoms with E-state index in [1.807, 2.05) is 0 Å². The molecule has 6 nitrogen and oxygen atoms in total. The van der Waals surface area contributed by atoms with Crippen LogP contribution in [0.25, 0.3) is 0 Å². The van der Waals surface area contributed by atoms with E-state index in [9.17, 15) is 9.59 Å². The van der Waals surface area contributed by atoms with Crippen molar-refractivity contribution in [2.75, 3.05) is 20.8 Å². The second-order valence-corrected chi connectivity index (χ2v) is 4.14. The number of carbonyl (C=O) groups excluding carboxylic acids is 1. The SMILES string of the molecule is CNC(=O)C1=C(C(=O)O)CCC(N(C)CO)C1. The van der Waals surface area contributed by atoms with Gasteiger partial charge in [-0.15, -0.1) is 0 Å². The number of carboxylic acid groups (broad SMARTS) is 1. The maximum absolute atomic E-state index is 11.6. The van der Waals surface area contributed by atoms with Gasteiger partial charge in [0.1, 0.15) is 0 Å². The molecule has 0 bridgehead atoms. The zero-order valence-electron chi connectivity index (χ0n) is 10.1. The first-order chi connectivity index (χ1) is 8.01. The van der Waals surface area contributed by atoms with Crippen molar-refractivity contribution in [2.24, 2.45) is 0 Å². The monoisotopic (exact) mass is 242 g/mol. The number of hydrogen-bond donors (Lipinski definition) is 3. The second kappa shape index (κ2) is 5.79. The van der Waals surface area contributed by atoms with Crippen molar-refractivity contribution in [1.29, 1.82) is 0 Å². The molecular weight excluding hydrogens is 224 g/mol. The van der Waals surface area contributed by atoms with Gasteiger partial charge in [0.2, 0.25) is 5.91 Å². The minimum atomic E-state index is -1.03. The first kappa shape index (κ1) is 13.7. The predicted octanol–water partition coefficient (Wildman–Crippen LogP) is -0.452. The van der Waals surface area contributed by atoms with Gasteiger partial charge in [-0.05, 0) is 26.3 Å². The van der Waals surface area contributed by atoms with E-state index in [4.69, 9.17) is 10.2 Å². The number of rotatable bonds is 4. The normalized spacial score (nSPS) is 20.6. The van der Waals surface area contributed by atoms with Gasteiger partial charge >= 0.3 is 5.97 Å². The Hall–Kier alpha value is -1.40. The summed E-state index contributed by atoms with van der Waals surface area (Å²) < 4.78 is 0. The number of nitrogens with zero attached hydrogens (tertiary/aromatic N) is 1. The zero-order valence-corrected chi connectivity index (χ0v) is 10.1. The molecule has 1 aliphatic carbocycles. The summed E-state index contributed by atoms with van der Waals surface area (Å²) in [7, 11) is 3.23. The van der Waals surface area contributed by atoms with E-state index in [2.05, 4.69) is 5.32 Å². The molecule has 0 fully saturated rings. The molecule has 0 saturated heterocycles. The number of aliphatic carboxylic acids is 1. The van der Waals surface area contributed by atoms with Crippen molar-refractivity contribution in [2.45, 2.75) is 25.3 Å². The van der Waals surface area contributed by atoms with Crippen LogP contribution >= 0.6 is 0 Å². The van der Waals surface area contributed by atoms with Crippen LogP contribution in [0, 0.1) is 0 Å². The lowest BCUT2D eigenvalue weighted by atomic mass is 9.87. The molecule has 1 amide bonds. The molecule has 0 radical (unpaired) electrons. The summed E-state index contributed by atoms with van der Waals surface area (Å²) in [6.07, 6.45) is 1.35. The van der Waals surface area contributed by atoms with E-state index < -0.39 is 5.97 Å². The highest BCUT2D eigenvalue weighted by Gasteiger charge is 2.29. The van der Waals surface area contributed by atoms with E-state index in [-0.39, 0.29) is 24.3 Å². The summed E-state index contributed by atoms with van der Waals surface area (Å²) in [5.41, 5.74) is 0.503. The molecule has 0 aliphatic heterocycles. The van der Waals surface area contributed by atoms with Gasteiger partial charge in [-0.2, -0.15) is 0 Å². The molecular formula is C11H18N2O4. The largest absolute Gasteiger partial charge is 0.478 e. The number of amides is 1. The van der Waals surface area contributed by atoms with Gasteiger partial charge in [0.05, 0.1) is 6.73 Å². The number of aliphatic hydroxyl groups excluding tert-OH is 1. The van der Waals surface area contributed by atoms with Crippen LogP contribution in [-0.4, -0.2) is 53.9 Å². The summed E-state index contributed by atoms with van der Waals surface area (Å²) in [5, 5.41) is 20.5. The standard InChI is InChI=1S/C11H18N2O4/c1-12-10(15)9-5-7(13(2)6-14)3-4-8(9)11(16)17/h7,14H,3-6H2,1-2H3,(H,12,15)(H,16,17). The Morgan fingerprint density at radius 1 is 1.47 bits per heavy atom. The van der Waals surface area contributed by atoms with Crippen molar-refractivity contribution in [3.05, 3.63) is 11.1 Å². The summed E-state index contributed by atoms with van der Waals surface area (Å²) >= 11 is 0. The highest BCUT2D eigenvalue weighted by molar-refractivity contribution is 6.02. The van der Waals surface area contributed by atoms with Crippen LogP contribution in [0.5, 0.6) is 0 Å². The maximum Gasteiger partial charge on any atom is 0.332 e. The fourth-order valence-electron chi connectivity index (χ4n) is 2.03. The molecule has 0 spiro atoms. The van der Waals surface area contributed by atoms with Gasteiger partial charge < -0.3 is 15.5 Å². The van der Waals surface area contributed by atoms with E-state index >= 15 is 0 Å². The molecule has 0 aromatic carbocycles. The fourth-order valence-corrected chi connectivity index (χ4v) is 2.03. The van der Waals surface area contributed by atoms with Crippen LogP contribution in [0.4, 0.5) is 0 Å². The van der Waals surface area contributed by atoms with Crippen LogP contribution in [0.15, 0.2) is 11.1 Å². The van der Waals surface area contributed by atoms with Gasteiger partial charge in [0, 0.05) is 24.2 Å². The Morgan fingerprint density at radius 2 is 2.12 bits per heavy atom. The van der Waals surface area contributed by atoms with E-state index in [1.54, 1.807) is 11.9 Å². The molecule has 0 aromatic rings. The van der Waals surface area contributed by atoms with E-state index in [1.165, 1.54) is 7.05 Å². The molecule has 0 saturated carbocycles. The fraction of sp³-hybridized carbons (Fsp3) is 0.636. The number of nitrogens with one attached hydrogen (secondary N) is 1. The molecule has 96 valence electrons. The van der Waals surface area contributed by atoms with Gasteiger partial charge in [0.15, 0.2) is 0 Å². The number of aliphatic hydroxyl groups is 1. The number of carboxylic acids is 1. The number of hydrogen-bond acceptors (Lipinski definition) is 4. The van der Waals surface area contributed by atoms with Gasteiger partial charge in [-0.3, -0.25) is 9.69 Å². The molecule has 17 heavy (non-hydrogen) atoms. The third-order valence-corrected chi connectivity index (χ3v) is 3.14. The predicted molar refractivity (Wildman–Crippen MR) is 61.2 cm³/mol. The average Bonchev–Trinajstić information content (AvgIpc) is 2.35.